The van der Waals surface area contributed by atoms with Crippen LogP contribution in [0.15, 0.2) is 30.3 Å². The van der Waals surface area contributed by atoms with Gasteiger partial charge in [0.05, 0.1) is 0 Å². The molecule has 1 aromatic rings. The van der Waals surface area contributed by atoms with Crippen molar-refractivity contribution in [3.63, 3.8) is 0 Å². The Morgan fingerprint density at radius 3 is 2.17 bits per heavy atom. The van der Waals surface area contributed by atoms with Crippen LogP contribution in [-0.2, 0) is 4.79 Å². The van der Waals surface area contributed by atoms with Gasteiger partial charge in [-0.15, -0.1) is 0 Å². The summed E-state index contributed by atoms with van der Waals surface area (Å²) in [5, 5.41) is 17.4. The average molecular weight is 170 g/mol. The lowest BCUT2D eigenvalue weighted by Crippen LogP contribution is -2.09. The van der Waals surface area contributed by atoms with Crippen LogP contribution < -0.4 is 0 Å². The molecule has 1 unspecified atom stereocenters. The van der Waals surface area contributed by atoms with Gasteiger partial charge in [0.15, 0.2) is 6.10 Å². The highest BCUT2D eigenvalue weighted by molar-refractivity contribution is 5.73. The van der Waals surface area contributed by atoms with Gasteiger partial charge in [0.2, 0.25) is 0 Å². The predicted molar refractivity (Wildman–Crippen MR) is 42.7 cm³/mol. The Balaban J connectivity index is 0.00000121. The highest BCUT2D eigenvalue weighted by Gasteiger charge is 2.14. The first-order valence-electron chi connectivity index (χ1n) is 3.17. The summed E-state index contributed by atoms with van der Waals surface area (Å²) in [4.78, 5) is 10.2. The Bertz CT molecular complexity index is 244. The van der Waals surface area contributed by atoms with Gasteiger partial charge in [0.1, 0.15) is 0 Å². The van der Waals surface area contributed by atoms with E-state index in [1.54, 1.807) is 30.3 Å². The van der Waals surface area contributed by atoms with E-state index in [4.69, 9.17) is 10.2 Å². The lowest BCUT2D eigenvalue weighted by atomic mass is 10.1. The molecule has 4 N–H and O–H groups in total. The normalized spacial score (nSPS) is 11.4. The summed E-state index contributed by atoms with van der Waals surface area (Å²) < 4.78 is 0. The standard InChI is InChI=1S/C8H8O3.H2O/c9-7(8(10)11)6-4-2-1-3-5-6;/h1-5,7,9H,(H,10,11);1H2. The summed E-state index contributed by atoms with van der Waals surface area (Å²) in [5.74, 6) is -1.23. The molecule has 1 rings (SSSR count). The molecular weight excluding hydrogens is 160 g/mol. The molecule has 4 heteroatoms. The molecule has 1 atom stereocenters. The van der Waals surface area contributed by atoms with Crippen molar-refractivity contribution in [1.29, 1.82) is 0 Å². The average Bonchev–Trinajstić information content (AvgIpc) is 2.05. The van der Waals surface area contributed by atoms with E-state index >= 15 is 0 Å². The highest BCUT2D eigenvalue weighted by Crippen LogP contribution is 2.10. The topological polar surface area (TPSA) is 89.0 Å². The van der Waals surface area contributed by atoms with Gasteiger partial charge < -0.3 is 15.7 Å². The number of aliphatic hydroxyl groups excluding tert-OH is 1. The van der Waals surface area contributed by atoms with Crippen molar-refractivity contribution in [3.05, 3.63) is 35.9 Å². The second-order valence-corrected chi connectivity index (χ2v) is 2.15. The number of hydrogen-bond acceptors (Lipinski definition) is 2. The van der Waals surface area contributed by atoms with Crippen molar-refractivity contribution in [2.45, 2.75) is 6.10 Å². The minimum atomic E-state index is -1.41. The fraction of sp³-hybridized carbons (Fsp3) is 0.125. The van der Waals surface area contributed by atoms with Crippen molar-refractivity contribution in [2.24, 2.45) is 0 Å². The second kappa shape index (κ2) is 4.48. The molecule has 0 bridgehead atoms. The lowest BCUT2D eigenvalue weighted by molar-refractivity contribution is -0.146. The largest absolute Gasteiger partial charge is 0.479 e. The van der Waals surface area contributed by atoms with Crippen molar-refractivity contribution in [3.8, 4) is 0 Å². The summed E-state index contributed by atoms with van der Waals surface area (Å²) in [6.45, 7) is 0. The summed E-state index contributed by atoms with van der Waals surface area (Å²) in [6, 6.07) is 8.26. The zero-order valence-electron chi connectivity index (χ0n) is 6.27. The number of carboxylic acid groups (broad SMARTS) is 1. The van der Waals surface area contributed by atoms with Gasteiger partial charge in [-0.25, -0.2) is 4.79 Å². The fourth-order valence-electron chi connectivity index (χ4n) is 0.778. The van der Waals surface area contributed by atoms with Crippen LogP contribution in [-0.4, -0.2) is 21.7 Å². The Hall–Kier alpha value is -1.39. The molecule has 0 radical (unpaired) electrons. The summed E-state index contributed by atoms with van der Waals surface area (Å²) >= 11 is 0. The number of hydrogen-bond donors (Lipinski definition) is 2. The molecule has 0 fully saturated rings. The third-order valence-corrected chi connectivity index (χ3v) is 1.35. The zero-order chi connectivity index (χ0) is 8.27. The number of aliphatic carboxylic acids is 1. The van der Waals surface area contributed by atoms with E-state index < -0.39 is 12.1 Å². The Morgan fingerprint density at radius 2 is 1.75 bits per heavy atom. The van der Waals surface area contributed by atoms with E-state index in [0.29, 0.717) is 5.56 Å². The van der Waals surface area contributed by atoms with Crippen LogP contribution in [0.1, 0.15) is 11.7 Å². The molecule has 0 aliphatic carbocycles. The van der Waals surface area contributed by atoms with E-state index in [-0.39, 0.29) is 5.48 Å². The first-order valence-corrected chi connectivity index (χ1v) is 3.17. The number of carboxylic acids is 1. The van der Waals surface area contributed by atoms with E-state index in [2.05, 4.69) is 0 Å². The Labute approximate surface area is 69.4 Å². The molecule has 0 spiro atoms. The van der Waals surface area contributed by atoms with E-state index in [1.807, 2.05) is 0 Å². The van der Waals surface area contributed by atoms with E-state index in [1.165, 1.54) is 0 Å². The van der Waals surface area contributed by atoms with Crippen molar-refractivity contribution in [1.82, 2.24) is 0 Å². The minimum absolute atomic E-state index is 0. The molecule has 0 saturated heterocycles. The van der Waals surface area contributed by atoms with Crippen molar-refractivity contribution >= 4 is 5.97 Å². The smallest absolute Gasteiger partial charge is 0.337 e. The van der Waals surface area contributed by atoms with Gasteiger partial charge in [-0.1, -0.05) is 30.3 Å². The maximum absolute atomic E-state index is 10.2. The van der Waals surface area contributed by atoms with Crippen LogP contribution in [0.4, 0.5) is 0 Å². The van der Waals surface area contributed by atoms with Gasteiger partial charge in [-0.05, 0) is 5.56 Å². The predicted octanol–water partition coefficient (Wildman–Crippen LogP) is -0.0201. The monoisotopic (exact) mass is 170 g/mol. The van der Waals surface area contributed by atoms with E-state index in [9.17, 15) is 4.79 Å². The zero-order valence-corrected chi connectivity index (χ0v) is 6.27. The number of benzene rings is 1. The van der Waals surface area contributed by atoms with Crippen LogP contribution in [0.25, 0.3) is 0 Å². The van der Waals surface area contributed by atoms with Crippen molar-refractivity contribution in [2.75, 3.05) is 0 Å². The number of carbonyl (C=O) groups is 1. The van der Waals surface area contributed by atoms with Crippen LogP contribution in [0, 0.1) is 0 Å². The van der Waals surface area contributed by atoms with Gasteiger partial charge >= 0.3 is 5.97 Å². The first-order chi connectivity index (χ1) is 5.22. The van der Waals surface area contributed by atoms with Gasteiger partial charge in [-0.3, -0.25) is 0 Å². The SMILES string of the molecule is O.O=C(O)C(O)c1ccccc1. The number of rotatable bonds is 2. The second-order valence-electron chi connectivity index (χ2n) is 2.15. The molecule has 0 heterocycles. The highest BCUT2D eigenvalue weighted by atomic mass is 16.4. The molecule has 0 aliphatic heterocycles. The minimum Gasteiger partial charge on any atom is -0.479 e. The molecule has 1 aromatic carbocycles. The third kappa shape index (κ3) is 2.34. The molecule has 0 aromatic heterocycles. The Kier molecular flexibility index (Phi) is 3.96. The molecule has 66 valence electrons. The van der Waals surface area contributed by atoms with Gasteiger partial charge in [0.25, 0.3) is 0 Å². The molecule has 0 amide bonds. The van der Waals surface area contributed by atoms with Gasteiger partial charge in [-0.2, -0.15) is 0 Å². The Morgan fingerprint density at radius 1 is 1.25 bits per heavy atom. The maximum atomic E-state index is 10.2. The van der Waals surface area contributed by atoms with Crippen molar-refractivity contribution < 1.29 is 20.5 Å². The van der Waals surface area contributed by atoms with E-state index in [0.717, 1.165) is 0 Å². The fourth-order valence-corrected chi connectivity index (χ4v) is 0.778. The van der Waals surface area contributed by atoms with Crippen LogP contribution >= 0.6 is 0 Å². The molecule has 0 saturated carbocycles. The van der Waals surface area contributed by atoms with Crippen LogP contribution in [0.3, 0.4) is 0 Å². The van der Waals surface area contributed by atoms with Crippen LogP contribution in [0.5, 0.6) is 0 Å². The maximum Gasteiger partial charge on any atom is 0.337 e. The third-order valence-electron chi connectivity index (χ3n) is 1.35. The summed E-state index contributed by atoms with van der Waals surface area (Å²) in [7, 11) is 0. The van der Waals surface area contributed by atoms with Gasteiger partial charge in [0, 0.05) is 0 Å². The van der Waals surface area contributed by atoms with Crippen LogP contribution in [0.2, 0.25) is 0 Å². The molecule has 4 nitrogen and oxygen atoms in total. The molecule has 0 aliphatic rings. The summed E-state index contributed by atoms with van der Waals surface area (Å²) in [6.07, 6.45) is -1.41. The molecular formula is C8H10O4. The number of aliphatic hydroxyl groups is 1. The summed E-state index contributed by atoms with van der Waals surface area (Å²) in [5.41, 5.74) is 0.403. The molecule has 12 heavy (non-hydrogen) atoms. The first kappa shape index (κ1) is 10.6. The lowest BCUT2D eigenvalue weighted by Gasteiger charge is -2.03. The quantitative estimate of drug-likeness (QED) is 0.653.